The van der Waals surface area contributed by atoms with Crippen molar-refractivity contribution in [2.75, 3.05) is 5.32 Å². The highest BCUT2D eigenvalue weighted by Gasteiger charge is 2.10. The number of phenols is 1. The van der Waals surface area contributed by atoms with Crippen molar-refractivity contribution in [3.63, 3.8) is 0 Å². The van der Waals surface area contributed by atoms with Crippen molar-refractivity contribution >= 4 is 44.7 Å². The van der Waals surface area contributed by atoms with Crippen LogP contribution in [0.3, 0.4) is 0 Å². The number of phenolic OH excluding ortho intramolecular Hbond substituents is 1. The smallest absolute Gasteiger partial charge is 0.255 e. The first-order valence-electron chi connectivity index (χ1n) is 6.09. The maximum absolute atomic E-state index is 12.2. The number of benzene rings is 2. The molecule has 6 heteroatoms. The molecule has 0 aliphatic rings. The van der Waals surface area contributed by atoms with Crippen molar-refractivity contribution in [2.24, 2.45) is 5.73 Å². The topological polar surface area (TPSA) is 75.4 Å². The van der Waals surface area contributed by atoms with Gasteiger partial charge in [-0.1, -0.05) is 12.2 Å². The molecule has 2 aromatic carbocycles. The SMILES string of the molecule is Cc1cc(C(=O)Nc2ccc(C(N)=S)cc2Br)ccc1O. The fraction of sp³-hybridized carbons (Fsp3) is 0.0667. The molecule has 0 fully saturated rings. The summed E-state index contributed by atoms with van der Waals surface area (Å²) in [5, 5.41) is 12.3. The van der Waals surface area contributed by atoms with E-state index in [9.17, 15) is 9.90 Å². The average Bonchev–Trinajstić information content (AvgIpc) is 2.43. The number of thiocarbonyl (C=S) groups is 1. The summed E-state index contributed by atoms with van der Waals surface area (Å²) in [4.78, 5) is 12.5. The van der Waals surface area contributed by atoms with Crippen molar-refractivity contribution in [3.8, 4) is 5.75 Å². The van der Waals surface area contributed by atoms with Gasteiger partial charge < -0.3 is 16.2 Å². The number of halogens is 1. The van der Waals surface area contributed by atoms with Crippen LogP contribution in [0.2, 0.25) is 0 Å². The fourth-order valence-corrected chi connectivity index (χ4v) is 2.37. The molecule has 2 aromatic rings. The van der Waals surface area contributed by atoms with Gasteiger partial charge in [0.25, 0.3) is 5.91 Å². The number of hydrogen-bond acceptors (Lipinski definition) is 3. The predicted octanol–water partition coefficient (Wildman–Crippen LogP) is 3.35. The van der Waals surface area contributed by atoms with Gasteiger partial charge in [-0.25, -0.2) is 0 Å². The molecule has 0 saturated heterocycles. The lowest BCUT2D eigenvalue weighted by molar-refractivity contribution is 0.102. The second-order valence-corrected chi connectivity index (χ2v) is 5.81. The molecule has 0 atom stereocenters. The zero-order chi connectivity index (χ0) is 15.6. The van der Waals surface area contributed by atoms with Crippen molar-refractivity contribution in [1.29, 1.82) is 0 Å². The second kappa shape index (κ2) is 6.24. The van der Waals surface area contributed by atoms with Gasteiger partial charge in [-0.05, 0) is 64.8 Å². The molecule has 0 aliphatic carbocycles. The third-order valence-corrected chi connectivity index (χ3v) is 3.85. The van der Waals surface area contributed by atoms with Gasteiger partial charge in [0.05, 0.1) is 5.69 Å². The highest BCUT2D eigenvalue weighted by Crippen LogP contribution is 2.25. The number of nitrogens with two attached hydrogens (primary N) is 1. The van der Waals surface area contributed by atoms with E-state index in [1.807, 2.05) is 0 Å². The van der Waals surface area contributed by atoms with E-state index >= 15 is 0 Å². The Bertz CT molecular complexity index is 732. The number of amides is 1. The summed E-state index contributed by atoms with van der Waals surface area (Å²) >= 11 is 8.27. The first-order valence-corrected chi connectivity index (χ1v) is 7.29. The van der Waals surface area contributed by atoms with E-state index in [1.165, 1.54) is 6.07 Å². The molecule has 108 valence electrons. The van der Waals surface area contributed by atoms with Crippen LogP contribution in [0.4, 0.5) is 5.69 Å². The van der Waals surface area contributed by atoms with Crippen molar-refractivity contribution in [2.45, 2.75) is 6.92 Å². The van der Waals surface area contributed by atoms with Crippen LogP contribution in [0.15, 0.2) is 40.9 Å². The number of aryl methyl sites for hydroxylation is 1. The summed E-state index contributed by atoms with van der Waals surface area (Å²) in [5.41, 5.74) is 8.00. The molecule has 0 aliphatic heterocycles. The Hall–Kier alpha value is -1.92. The lowest BCUT2D eigenvalue weighted by atomic mass is 10.1. The van der Waals surface area contributed by atoms with Crippen molar-refractivity contribution in [3.05, 3.63) is 57.6 Å². The Kier molecular flexibility index (Phi) is 4.59. The van der Waals surface area contributed by atoms with Crippen LogP contribution in [0.25, 0.3) is 0 Å². The van der Waals surface area contributed by atoms with Crippen molar-refractivity contribution < 1.29 is 9.90 Å². The van der Waals surface area contributed by atoms with Gasteiger partial charge in [0.15, 0.2) is 0 Å². The summed E-state index contributed by atoms with van der Waals surface area (Å²) in [6, 6.07) is 9.90. The van der Waals surface area contributed by atoms with E-state index in [1.54, 1.807) is 37.3 Å². The summed E-state index contributed by atoms with van der Waals surface area (Å²) < 4.78 is 0.691. The molecular weight excluding hydrogens is 352 g/mol. The van der Waals surface area contributed by atoms with Gasteiger partial charge in [-0.2, -0.15) is 0 Å². The van der Waals surface area contributed by atoms with Gasteiger partial charge in [-0.3, -0.25) is 4.79 Å². The molecule has 0 unspecified atom stereocenters. The number of rotatable bonds is 3. The molecule has 21 heavy (non-hydrogen) atoms. The standard InChI is InChI=1S/C15H13BrN2O2S/c1-8-6-10(3-5-13(8)19)15(20)18-12-4-2-9(14(17)21)7-11(12)16/h2-7,19H,1H3,(H2,17,21)(H,18,20). The molecule has 4 nitrogen and oxygen atoms in total. The molecule has 0 heterocycles. The number of nitrogens with one attached hydrogen (secondary N) is 1. The Labute approximate surface area is 136 Å². The van der Waals surface area contributed by atoms with E-state index in [2.05, 4.69) is 21.2 Å². The van der Waals surface area contributed by atoms with Crippen LogP contribution >= 0.6 is 28.1 Å². The number of carbonyl (C=O) groups is 1. The number of carbonyl (C=O) groups excluding carboxylic acids is 1. The number of anilines is 1. The number of aromatic hydroxyl groups is 1. The van der Waals surface area contributed by atoms with Gasteiger partial charge in [0.2, 0.25) is 0 Å². The maximum Gasteiger partial charge on any atom is 0.255 e. The highest BCUT2D eigenvalue weighted by molar-refractivity contribution is 9.10. The van der Waals surface area contributed by atoms with Crippen LogP contribution in [0.1, 0.15) is 21.5 Å². The molecule has 0 bridgehead atoms. The van der Waals surface area contributed by atoms with E-state index in [0.717, 1.165) is 5.56 Å². The molecule has 0 spiro atoms. The quantitative estimate of drug-likeness (QED) is 0.730. The minimum absolute atomic E-state index is 0.161. The third-order valence-electron chi connectivity index (χ3n) is 2.96. The Balaban J connectivity index is 2.23. The normalized spacial score (nSPS) is 10.2. The van der Waals surface area contributed by atoms with Gasteiger partial charge in [0, 0.05) is 15.6 Å². The first-order chi connectivity index (χ1) is 9.88. The molecule has 2 rings (SSSR count). The summed E-state index contributed by atoms with van der Waals surface area (Å²) in [5.74, 6) is -0.101. The van der Waals surface area contributed by atoms with Gasteiger partial charge in [-0.15, -0.1) is 0 Å². The van der Waals surface area contributed by atoms with E-state index in [0.29, 0.717) is 26.3 Å². The lowest BCUT2D eigenvalue weighted by Crippen LogP contribution is -2.13. The van der Waals surface area contributed by atoms with E-state index in [-0.39, 0.29) is 11.7 Å². The zero-order valence-electron chi connectivity index (χ0n) is 11.2. The predicted molar refractivity (Wildman–Crippen MR) is 90.8 cm³/mol. The second-order valence-electron chi connectivity index (χ2n) is 4.51. The summed E-state index contributed by atoms with van der Waals surface area (Å²) in [6.45, 7) is 1.74. The fourth-order valence-electron chi connectivity index (χ4n) is 1.76. The average molecular weight is 365 g/mol. The molecule has 4 N–H and O–H groups in total. The minimum Gasteiger partial charge on any atom is -0.508 e. The maximum atomic E-state index is 12.2. The van der Waals surface area contributed by atoms with Gasteiger partial charge in [0.1, 0.15) is 10.7 Å². The van der Waals surface area contributed by atoms with Crippen LogP contribution in [-0.4, -0.2) is 16.0 Å². The van der Waals surface area contributed by atoms with Crippen LogP contribution in [0, 0.1) is 6.92 Å². The Morgan fingerprint density at radius 2 is 1.90 bits per heavy atom. The molecular formula is C15H13BrN2O2S. The first kappa shape index (κ1) is 15.5. The van der Waals surface area contributed by atoms with Crippen LogP contribution < -0.4 is 11.1 Å². The molecule has 0 aromatic heterocycles. The number of hydrogen-bond donors (Lipinski definition) is 3. The minimum atomic E-state index is -0.262. The lowest BCUT2D eigenvalue weighted by Gasteiger charge is -2.09. The zero-order valence-corrected chi connectivity index (χ0v) is 13.6. The Morgan fingerprint density at radius 3 is 2.48 bits per heavy atom. The van der Waals surface area contributed by atoms with Crippen molar-refractivity contribution in [1.82, 2.24) is 0 Å². The highest BCUT2D eigenvalue weighted by atomic mass is 79.9. The van der Waals surface area contributed by atoms with Gasteiger partial charge >= 0.3 is 0 Å². The molecule has 0 radical (unpaired) electrons. The largest absolute Gasteiger partial charge is 0.508 e. The summed E-state index contributed by atoms with van der Waals surface area (Å²) in [7, 11) is 0. The molecule has 1 amide bonds. The Morgan fingerprint density at radius 1 is 1.24 bits per heavy atom. The molecule has 0 saturated carbocycles. The van der Waals surface area contributed by atoms with Crippen LogP contribution in [0.5, 0.6) is 5.75 Å². The van der Waals surface area contributed by atoms with E-state index < -0.39 is 0 Å². The monoisotopic (exact) mass is 364 g/mol. The summed E-state index contributed by atoms with van der Waals surface area (Å²) in [6.07, 6.45) is 0. The third kappa shape index (κ3) is 3.59. The van der Waals surface area contributed by atoms with Crippen LogP contribution in [-0.2, 0) is 0 Å². The van der Waals surface area contributed by atoms with E-state index in [4.69, 9.17) is 18.0 Å².